The van der Waals surface area contributed by atoms with Gasteiger partial charge in [0, 0.05) is 24.1 Å². The normalized spacial score (nSPS) is 15.8. The molecule has 5 nitrogen and oxygen atoms in total. The van der Waals surface area contributed by atoms with Crippen molar-refractivity contribution in [3.8, 4) is 5.75 Å². The number of aliphatic hydroxyl groups excluding tert-OH is 1. The molecule has 0 bridgehead atoms. The first-order valence-electron chi connectivity index (χ1n) is 7.68. The third-order valence-electron chi connectivity index (χ3n) is 3.48. The van der Waals surface area contributed by atoms with Crippen LogP contribution in [0.5, 0.6) is 5.75 Å². The second-order valence-corrected chi connectivity index (χ2v) is 6.56. The smallest absolute Gasteiger partial charge is 0.188 e. The summed E-state index contributed by atoms with van der Waals surface area (Å²) in [5.41, 5.74) is 1.96. The molecule has 5 heteroatoms. The highest BCUT2D eigenvalue weighted by atomic mass is 16.5. The van der Waals surface area contributed by atoms with Crippen molar-refractivity contribution >= 4 is 11.6 Å². The van der Waals surface area contributed by atoms with Gasteiger partial charge < -0.3 is 19.9 Å². The topological polar surface area (TPSA) is 63.1 Å². The van der Waals surface area contributed by atoms with Crippen molar-refractivity contribution in [3.05, 3.63) is 23.8 Å². The lowest BCUT2D eigenvalue weighted by molar-refractivity contribution is 0.0996. The van der Waals surface area contributed by atoms with E-state index in [9.17, 15) is 5.11 Å². The third kappa shape index (κ3) is 4.71. The number of aliphatic imine (C=N–C) groups is 1. The monoisotopic (exact) mass is 306 g/mol. The fourth-order valence-electron chi connectivity index (χ4n) is 2.28. The molecular formula is C17H26N2O3. The summed E-state index contributed by atoms with van der Waals surface area (Å²) in [6, 6.07) is 5.80. The molecule has 0 spiro atoms. The molecule has 122 valence electrons. The maximum Gasteiger partial charge on any atom is 0.188 e. The number of benzene rings is 1. The summed E-state index contributed by atoms with van der Waals surface area (Å²) in [6.07, 6.45) is 1.07. The zero-order valence-electron chi connectivity index (χ0n) is 13.8. The van der Waals surface area contributed by atoms with Crippen LogP contribution in [0.15, 0.2) is 23.2 Å². The zero-order valence-corrected chi connectivity index (χ0v) is 13.8. The summed E-state index contributed by atoms with van der Waals surface area (Å²) in [7, 11) is 1.64. The van der Waals surface area contributed by atoms with Crippen molar-refractivity contribution in [2.75, 3.05) is 20.3 Å². The molecule has 0 fully saturated rings. The number of aliphatic hydroxyl groups is 1. The molecule has 1 aromatic rings. The van der Waals surface area contributed by atoms with Crippen molar-refractivity contribution < 1.29 is 14.6 Å². The molecule has 1 heterocycles. The predicted octanol–water partition coefficient (Wildman–Crippen LogP) is 2.44. The van der Waals surface area contributed by atoms with E-state index in [1.54, 1.807) is 7.11 Å². The van der Waals surface area contributed by atoms with Gasteiger partial charge in [0.2, 0.25) is 0 Å². The number of hydrogen-bond acceptors (Lipinski definition) is 5. The summed E-state index contributed by atoms with van der Waals surface area (Å²) < 4.78 is 11.0. The molecule has 1 aliphatic rings. The lowest BCUT2D eigenvalue weighted by atomic mass is 10.0. The molecule has 2 N–H and O–H groups in total. The molecule has 0 saturated heterocycles. The molecule has 0 amide bonds. The van der Waals surface area contributed by atoms with Gasteiger partial charge in [0.05, 0.1) is 12.8 Å². The maximum absolute atomic E-state index is 10.0. The van der Waals surface area contributed by atoms with Gasteiger partial charge in [-0.25, -0.2) is 4.99 Å². The molecule has 22 heavy (non-hydrogen) atoms. The van der Waals surface area contributed by atoms with Gasteiger partial charge in [-0.05, 0) is 39.3 Å². The molecule has 1 aliphatic heterocycles. The molecule has 1 aromatic carbocycles. The number of nitrogens with one attached hydrogen (secondary N) is 1. The Bertz CT molecular complexity index is 535. The van der Waals surface area contributed by atoms with Crippen molar-refractivity contribution in [2.24, 2.45) is 4.99 Å². The number of methoxy groups -OCH3 is 1. The van der Waals surface area contributed by atoms with Crippen molar-refractivity contribution in [1.82, 2.24) is 5.32 Å². The van der Waals surface area contributed by atoms with Gasteiger partial charge in [-0.1, -0.05) is 6.07 Å². The van der Waals surface area contributed by atoms with Crippen LogP contribution < -0.4 is 10.1 Å². The van der Waals surface area contributed by atoms with Gasteiger partial charge in [0.1, 0.15) is 18.5 Å². The second kappa shape index (κ2) is 7.11. The fraction of sp³-hybridized carbons (Fsp3) is 0.588. The van der Waals surface area contributed by atoms with Crippen LogP contribution in [0.2, 0.25) is 0 Å². The van der Waals surface area contributed by atoms with Gasteiger partial charge in [-0.3, -0.25) is 0 Å². The van der Waals surface area contributed by atoms with Crippen LogP contribution in [0.4, 0.5) is 5.69 Å². The number of rotatable bonds is 5. The maximum atomic E-state index is 10.0. The summed E-state index contributed by atoms with van der Waals surface area (Å²) >= 11 is 0. The van der Waals surface area contributed by atoms with Crippen LogP contribution in [-0.2, 0) is 11.2 Å². The predicted molar refractivity (Wildman–Crippen MR) is 88.1 cm³/mol. The molecule has 1 unspecified atom stereocenters. The van der Waals surface area contributed by atoms with Gasteiger partial charge in [-0.2, -0.15) is 0 Å². The van der Waals surface area contributed by atoms with Crippen LogP contribution >= 0.6 is 0 Å². The Kier molecular flexibility index (Phi) is 5.42. The van der Waals surface area contributed by atoms with E-state index in [1.165, 1.54) is 0 Å². The molecule has 0 aliphatic carbocycles. The van der Waals surface area contributed by atoms with Crippen LogP contribution in [0.1, 0.15) is 32.8 Å². The average molecular weight is 306 g/mol. The summed E-state index contributed by atoms with van der Waals surface area (Å²) in [6.45, 7) is 6.98. The van der Waals surface area contributed by atoms with E-state index in [2.05, 4.69) is 31.1 Å². The highest BCUT2D eigenvalue weighted by Crippen LogP contribution is 2.33. The first-order valence-corrected chi connectivity index (χ1v) is 7.68. The second-order valence-electron chi connectivity index (χ2n) is 6.56. The summed E-state index contributed by atoms with van der Waals surface area (Å²) in [4.78, 5) is 4.46. The minimum atomic E-state index is -0.545. The van der Waals surface area contributed by atoms with Crippen LogP contribution in [0.3, 0.4) is 0 Å². The van der Waals surface area contributed by atoms with Gasteiger partial charge in [0.15, 0.2) is 5.90 Å². The number of nitrogens with zero attached hydrogens (tertiary/aromatic N) is 1. The van der Waals surface area contributed by atoms with Crippen LogP contribution in [-0.4, -0.2) is 42.9 Å². The molecule has 0 radical (unpaired) electrons. The Morgan fingerprint density at radius 3 is 2.77 bits per heavy atom. The van der Waals surface area contributed by atoms with Gasteiger partial charge >= 0.3 is 0 Å². The molecule has 2 rings (SSSR count). The Hall–Kier alpha value is -1.59. The molecule has 1 atom stereocenters. The van der Waals surface area contributed by atoms with E-state index in [-0.39, 0.29) is 12.1 Å². The Morgan fingerprint density at radius 1 is 1.32 bits per heavy atom. The summed E-state index contributed by atoms with van der Waals surface area (Å²) in [5.74, 6) is 1.55. The van der Waals surface area contributed by atoms with Gasteiger partial charge in [-0.15, -0.1) is 0 Å². The van der Waals surface area contributed by atoms with E-state index in [1.807, 2.05) is 18.2 Å². The Morgan fingerprint density at radius 2 is 2.09 bits per heavy atom. The lowest BCUT2D eigenvalue weighted by Gasteiger charge is -2.23. The fourth-order valence-corrected chi connectivity index (χ4v) is 2.28. The summed E-state index contributed by atoms with van der Waals surface area (Å²) in [5, 5.41) is 13.3. The van der Waals surface area contributed by atoms with Crippen LogP contribution in [0, 0.1) is 0 Å². The number of ether oxygens (including phenoxy) is 2. The average Bonchev–Trinajstić information content (AvgIpc) is 2.49. The molecule has 0 aromatic heterocycles. The van der Waals surface area contributed by atoms with Crippen molar-refractivity contribution in [3.63, 3.8) is 0 Å². The minimum Gasteiger partial charge on any atom is -0.490 e. The third-order valence-corrected chi connectivity index (χ3v) is 3.48. The molecular weight excluding hydrogens is 280 g/mol. The van der Waals surface area contributed by atoms with E-state index in [0.717, 1.165) is 35.7 Å². The van der Waals surface area contributed by atoms with E-state index >= 15 is 0 Å². The SMILES string of the molecule is COC1=Nc2cccc(OCC(O)CNC(C)(C)C)c2CC1. The zero-order chi connectivity index (χ0) is 16.2. The van der Waals surface area contributed by atoms with E-state index in [4.69, 9.17) is 9.47 Å². The number of β-amino-alcohol motifs (C(OH)–C–C–N with tert-alkyl or cyclic N) is 1. The van der Waals surface area contributed by atoms with E-state index < -0.39 is 6.10 Å². The van der Waals surface area contributed by atoms with Crippen LogP contribution in [0.25, 0.3) is 0 Å². The Balaban J connectivity index is 1.96. The minimum absolute atomic E-state index is 0.0157. The highest BCUT2D eigenvalue weighted by molar-refractivity contribution is 5.82. The lowest BCUT2D eigenvalue weighted by Crippen LogP contribution is -2.42. The first-order chi connectivity index (χ1) is 10.4. The Labute approximate surface area is 132 Å². The number of hydrogen-bond donors (Lipinski definition) is 2. The van der Waals surface area contributed by atoms with Gasteiger partial charge in [0.25, 0.3) is 0 Å². The van der Waals surface area contributed by atoms with E-state index in [0.29, 0.717) is 6.54 Å². The number of fused-ring (bicyclic) bond motifs is 1. The highest BCUT2D eigenvalue weighted by Gasteiger charge is 2.18. The van der Waals surface area contributed by atoms with Crippen molar-refractivity contribution in [1.29, 1.82) is 0 Å². The quantitative estimate of drug-likeness (QED) is 0.877. The molecule has 0 saturated carbocycles. The first kappa shape index (κ1) is 16.8. The van der Waals surface area contributed by atoms with Crippen molar-refractivity contribution in [2.45, 2.75) is 45.3 Å². The standard InChI is InChI=1S/C17H26N2O3/c1-17(2,3)18-10-12(20)11-22-15-7-5-6-14-13(15)8-9-16(19-14)21-4/h5-7,12,18,20H,8-11H2,1-4H3. The largest absolute Gasteiger partial charge is 0.490 e.